The van der Waals surface area contributed by atoms with Crippen LogP contribution in [-0.2, 0) is 14.2 Å². The summed E-state index contributed by atoms with van der Waals surface area (Å²) in [4.78, 5) is 49.4. The second-order valence-corrected chi connectivity index (χ2v) is 8.85. The number of fused-ring (bicyclic) bond motifs is 1. The van der Waals surface area contributed by atoms with Crippen LogP contribution in [0.5, 0.6) is 17.2 Å². The number of carbonyl (C=O) groups excluding carboxylic acids is 3. The van der Waals surface area contributed by atoms with Gasteiger partial charge in [-0.3, -0.25) is 4.79 Å². The average molecular weight is 529 g/mol. The summed E-state index contributed by atoms with van der Waals surface area (Å²) in [5, 5.41) is -0.0892. The Hall–Kier alpha value is -4.54. The van der Waals surface area contributed by atoms with E-state index in [1.807, 2.05) is 0 Å². The molecule has 0 aliphatic heterocycles. The van der Waals surface area contributed by atoms with Crippen LogP contribution >= 0.6 is 0 Å². The number of ether oxygens (including phenoxy) is 6. The molecule has 0 unspecified atom stereocenters. The van der Waals surface area contributed by atoms with E-state index in [2.05, 4.69) is 0 Å². The first-order chi connectivity index (χ1) is 17.9. The highest BCUT2D eigenvalue weighted by Gasteiger charge is 2.21. The van der Waals surface area contributed by atoms with Crippen LogP contribution in [0.25, 0.3) is 22.1 Å². The van der Waals surface area contributed by atoms with Crippen molar-refractivity contribution in [1.82, 2.24) is 0 Å². The molecule has 0 aliphatic rings. The lowest BCUT2D eigenvalue weighted by atomic mass is 10.0. The minimum atomic E-state index is -1.07. The van der Waals surface area contributed by atoms with Crippen molar-refractivity contribution in [1.29, 1.82) is 0 Å². The van der Waals surface area contributed by atoms with E-state index in [9.17, 15) is 19.2 Å². The molecule has 0 bridgehead atoms. The molecule has 0 atom stereocenters. The molecule has 0 fully saturated rings. The zero-order chi connectivity index (χ0) is 28.0. The lowest BCUT2D eigenvalue weighted by Crippen LogP contribution is -2.18. The van der Waals surface area contributed by atoms with E-state index in [0.29, 0.717) is 5.56 Å². The van der Waals surface area contributed by atoms with Crippen molar-refractivity contribution >= 4 is 29.4 Å². The fourth-order valence-corrected chi connectivity index (χ4v) is 3.17. The molecule has 0 amide bonds. The maximum absolute atomic E-state index is 13.5. The van der Waals surface area contributed by atoms with Crippen LogP contribution in [0.2, 0.25) is 0 Å². The summed E-state index contributed by atoms with van der Waals surface area (Å²) in [6, 6.07) is 8.53. The highest BCUT2D eigenvalue weighted by Crippen LogP contribution is 2.32. The summed E-state index contributed by atoms with van der Waals surface area (Å²) in [6.45, 7) is 9.93. The SMILES string of the molecule is CC(C)OC(=O)Oc1ccc(-c2coc3cc(OC(=O)OC(C)C)cc(OC(=O)OC(C)C)c3c2=O)cc1. The fraction of sp³-hybridized carbons (Fsp3) is 0.333. The predicted octanol–water partition coefficient (Wildman–Crippen LogP) is 6.23. The maximum atomic E-state index is 13.5. The van der Waals surface area contributed by atoms with E-state index in [1.165, 1.54) is 30.5 Å². The summed E-state index contributed by atoms with van der Waals surface area (Å²) >= 11 is 0. The lowest BCUT2D eigenvalue weighted by Gasteiger charge is -2.13. The van der Waals surface area contributed by atoms with Gasteiger partial charge in [0.15, 0.2) is 5.75 Å². The summed E-state index contributed by atoms with van der Waals surface area (Å²) in [5.41, 5.74) is 0.00524. The van der Waals surface area contributed by atoms with Gasteiger partial charge >= 0.3 is 18.5 Å². The van der Waals surface area contributed by atoms with E-state index >= 15 is 0 Å². The molecular weight excluding hydrogens is 500 g/mol. The molecule has 1 heterocycles. The molecule has 0 saturated heterocycles. The monoisotopic (exact) mass is 528 g/mol. The first kappa shape index (κ1) is 28.0. The fourth-order valence-electron chi connectivity index (χ4n) is 3.17. The van der Waals surface area contributed by atoms with Crippen molar-refractivity contribution < 1.29 is 47.2 Å². The predicted molar refractivity (Wildman–Crippen MR) is 135 cm³/mol. The molecule has 11 nitrogen and oxygen atoms in total. The Balaban J connectivity index is 2.01. The number of hydrogen-bond donors (Lipinski definition) is 0. The third-order valence-electron chi connectivity index (χ3n) is 4.57. The molecule has 11 heteroatoms. The number of benzene rings is 2. The highest BCUT2D eigenvalue weighted by molar-refractivity contribution is 5.90. The smallest absolute Gasteiger partial charge is 0.463 e. The van der Waals surface area contributed by atoms with Crippen molar-refractivity contribution in [3.63, 3.8) is 0 Å². The van der Waals surface area contributed by atoms with Gasteiger partial charge in [-0.05, 0) is 59.2 Å². The summed E-state index contributed by atoms with van der Waals surface area (Å²) in [5.74, 6) is -0.117. The molecule has 0 N–H and O–H groups in total. The molecule has 0 aliphatic carbocycles. The van der Waals surface area contributed by atoms with Gasteiger partial charge in [0, 0.05) is 12.1 Å². The van der Waals surface area contributed by atoms with Gasteiger partial charge < -0.3 is 32.8 Å². The van der Waals surface area contributed by atoms with Gasteiger partial charge in [-0.1, -0.05) is 12.1 Å². The Morgan fingerprint density at radius 1 is 0.684 bits per heavy atom. The molecule has 3 aromatic rings. The van der Waals surface area contributed by atoms with Gasteiger partial charge in [-0.15, -0.1) is 0 Å². The quantitative estimate of drug-likeness (QED) is 0.196. The summed E-state index contributed by atoms with van der Waals surface area (Å²) < 4.78 is 36.1. The van der Waals surface area contributed by atoms with Crippen molar-refractivity contribution in [2.45, 2.75) is 59.9 Å². The van der Waals surface area contributed by atoms with Gasteiger partial charge in [-0.2, -0.15) is 0 Å². The molecule has 1 aromatic heterocycles. The Kier molecular flexibility index (Phi) is 8.95. The van der Waals surface area contributed by atoms with E-state index in [-0.39, 0.29) is 39.9 Å². The minimum Gasteiger partial charge on any atom is -0.463 e. The van der Waals surface area contributed by atoms with Crippen LogP contribution in [0.1, 0.15) is 41.5 Å². The van der Waals surface area contributed by atoms with Crippen molar-refractivity contribution in [2.75, 3.05) is 0 Å². The van der Waals surface area contributed by atoms with Gasteiger partial charge in [0.25, 0.3) is 0 Å². The minimum absolute atomic E-state index is 0.0164. The van der Waals surface area contributed by atoms with E-state index in [4.69, 9.17) is 32.8 Å². The molecule has 202 valence electrons. The normalized spacial score (nSPS) is 11.0. The van der Waals surface area contributed by atoms with Gasteiger partial charge in [0.2, 0.25) is 5.43 Å². The van der Waals surface area contributed by atoms with Crippen LogP contribution in [0, 0.1) is 0 Å². The Morgan fingerprint density at radius 3 is 1.71 bits per heavy atom. The van der Waals surface area contributed by atoms with Gasteiger partial charge in [0.05, 0.1) is 23.9 Å². The molecule has 0 saturated carbocycles. The number of hydrogen-bond acceptors (Lipinski definition) is 11. The van der Waals surface area contributed by atoms with Crippen LogP contribution in [0.15, 0.2) is 51.9 Å². The maximum Gasteiger partial charge on any atom is 0.514 e. The largest absolute Gasteiger partial charge is 0.514 e. The standard InChI is InChI=1S/C27H28O11/c1-14(2)33-25(29)36-18-9-7-17(8-10-18)20-13-32-21-11-19(37-26(30)34-15(3)4)12-22(23(21)24(20)28)38-27(31)35-16(5)6/h7-16H,1-6H3. The first-order valence-electron chi connectivity index (χ1n) is 11.8. The number of rotatable bonds is 7. The summed E-state index contributed by atoms with van der Waals surface area (Å²) in [6.07, 6.45) is -2.97. The Morgan fingerprint density at radius 2 is 1.18 bits per heavy atom. The average Bonchev–Trinajstić information content (AvgIpc) is 2.78. The first-order valence-corrected chi connectivity index (χ1v) is 11.8. The zero-order valence-corrected chi connectivity index (χ0v) is 21.8. The molecule has 2 aromatic carbocycles. The molecule has 38 heavy (non-hydrogen) atoms. The zero-order valence-electron chi connectivity index (χ0n) is 21.8. The van der Waals surface area contributed by atoms with Crippen LogP contribution in [0.3, 0.4) is 0 Å². The summed E-state index contributed by atoms with van der Waals surface area (Å²) in [7, 11) is 0. The van der Waals surface area contributed by atoms with Crippen LogP contribution < -0.4 is 19.6 Å². The third kappa shape index (κ3) is 7.48. The Labute approximate surface area is 218 Å². The Bertz CT molecular complexity index is 1370. The molecule has 0 spiro atoms. The molecular formula is C27H28O11. The van der Waals surface area contributed by atoms with E-state index in [0.717, 1.165) is 0 Å². The second-order valence-electron chi connectivity index (χ2n) is 8.85. The molecule has 0 radical (unpaired) electrons. The lowest BCUT2D eigenvalue weighted by molar-refractivity contribution is 0.0708. The van der Waals surface area contributed by atoms with Crippen molar-refractivity contribution in [2.24, 2.45) is 0 Å². The van der Waals surface area contributed by atoms with Crippen molar-refractivity contribution in [3.8, 4) is 28.4 Å². The van der Waals surface area contributed by atoms with E-state index < -0.39 is 36.1 Å². The highest BCUT2D eigenvalue weighted by atomic mass is 16.7. The van der Waals surface area contributed by atoms with Crippen LogP contribution in [0.4, 0.5) is 14.4 Å². The van der Waals surface area contributed by atoms with Gasteiger partial charge in [-0.25, -0.2) is 14.4 Å². The van der Waals surface area contributed by atoms with E-state index in [1.54, 1.807) is 53.7 Å². The van der Waals surface area contributed by atoms with Crippen LogP contribution in [-0.4, -0.2) is 36.8 Å². The number of carbonyl (C=O) groups is 3. The molecule has 3 rings (SSSR count). The second kappa shape index (κ2) is 12.1. The topological polar surface area (TPSA) is 137 Å². The third-order valence-corrected chi connectivity index (χ3v) is 4.57. The van der Waals surface area contributed by atoms with Gasteiger partial charge in [0.1, 0.15) is 28.7 Å². The van der Waals surface area contributed by atoms with Crippen molar-refractivity contribution in [3.05, 3.63) is 52.9 Å².